The van der Waals surface area contributed by atoms with Gasteiger partial charge in [-0.05, 0) is 13.3 Å². The van der Waals surface area contributed by atoms with Crippen LogP contribution in [0.4, 0.5) is 4.79 Å². The summed E-state index contributed by atoms with van der Waals surface area (Å²) in [5.74, 6) is -1.03. The Morgan fingerprint density at radius 3 is 2.47 bits per heavy atom. The number of unbranched alkanes of at least 4 members (excludes halogenated alkanes) is 1. The van der Waals surface area contributed by atoms with E-state index in [0.717, 1.165) is 17.7 Å². The molecule has 1 unspecified atom stereocenters. The van der Waals surface area contributed by atoms with Crippen molar-refractivity contribution in [2.45, 2.75) is 33.1 Å². The van der Waals surface area contributed by atoms with Crippen LogP contribution in [0, 0.1) is 5.41 Å². The minimum atomic E-state index is -1.28. The van der Waals surface area contributed by atoms with Crippen molar-refractivity contribution < 1.29 is 14.4 Å². The van der Waals surface area contributed by atoms with Gasteiger partial charge in [-0.1, -0.05) is 31.9 Å². The number of hydrogen-bond acceptors (Lipinski definition) is 3. The van der Waals surface area contributed by atoms with Gasteiger partial charge in [0, 0.05) is 7.05 Å². The highest BCUT2D eigenvalue weighted by molar-refractivity contribution is 6.20. The number of amides is 4. The van der Waals surface area contributed by atoms with Crippen molar-refractivity contribution in [2.24, 2.45) is 5.41 Å². The van der Waals surface area contributed by atoms with Crippen molar-refractivity contribution in [1.82, 2.24) is 10.2 Å². The third-order valence-corrected chi connectivity index (χ3v) is 3.22. The molecule has 0 radical (unpaired) electrons. The molecule has 0 aromatic rings. The summed E-state index contributed by atoms with van der Waals surface area (Å²) in [7, 11) is 1.37. The molecule has 4 amide bonds. The molecule has 0 aromatic carbocycles. The van der Waals surface area contributed by atoms with Gasteiger partial charge in [0.25, 0.3) is 0 Å². The minimum Gasteiger partial charge on any atom is -0.276 e. The summed E-state index contributed by atoms with van der Waals surface area (Å²) in [5.41, 5.74) is -0.800. The molecule has 94 valence electrons. The van der Waals surface area contributed by atoms with E-state index in [-0.39, 0.29) is 0 Å². The van der Waals surface area contributed by atoms with E-state index in [4.69, 9.17) is 0 Å². The fraction of sp³-hybridized carbons (Fsp3) is 0.583. The number of urea groups is 1. The van der Waals surface area contributed by atoms with Gasteiger partial charge in [-0.3, -0.25) is 19.8 Å². The lowest BCUT2D eigenvalue weighted by Crippen LogP contribution is -2.63. The smallest absolute Gasteiger partial charge is 0.276 e. The average Bonchev–Trinajstić information content (AvgIpc) is 2.26. The van der Waals surface area contributed by atoms with E-state index < -0.39 is 23.3 Å². The Morgan fingerprint density at radius 1 is 1.41 bits per heavy atom. The number of nitrogens with one attached hydrogen (secondary N) is 1. The van der Waals surface area contributed by atoms with Gasteiger partial charge < -0.3 is 0 Å². The van der Waals surface area contributed by atoms with Gasteiger partial charge in [-0.15, -0.1) is 0 Å². The van der Waals surface area contributed by atoms with Crippen LogP contribution >= 0.6 is 0 Å². The summed E-state index contributed by atoms with van der Waals surface area (Å²) < 4.78 is 0. The standard InChI is InChI=1S/C12H18N2O3/c1-5-6-7-12(8(2)3)9(15)13-11(17)14(4)10(12)16/h2,5-7H2,1,3-4H3,(H,13,15,17). The molecule has 5 nitrogen and oxygen atoms in total. The first-order valence-electron chi connectivity index (χ1n) is 5.67. The fourth-order valence-electron chi connectivity index (χ4n) is 2.02. The number of carbonyl (C=O) groups excluding carboxylic acids is 3. The highest BCUT2D eigenvalue weighted by Crippen LogP contribution is 2.36. The number of imide groups is 2. The van der Waals surface area contributed by atoms with Crippen LogP contribution in [0.3, 0.4) is 0 Å². The van der Waals surface area contributed by atoms with Crippen LogP contribution in [0.5, 0.6) is 0 Å². The monoisotopic (exact) mass is 238 g/mol. The predicted octanol–water partition coefficient (Wildman–Crippen LogP) is 1.45. The predicted molar refractivity (Wildman–Crippen MR) is 63.1 cm³/mol. The van der Waals surface area contributed by atoms with Gasteiger partial charge in [0.1, 0.15) is 5.41 Å². The first-order valence-corrected chi connectivity index (χ1v) is 5.67. The van der Waals surface area contributed by atoms with Gasteiger partial charge in [0.05, 0.1) is 0 Å². The second-order valence-electron chi connectivity index (χ2n) is 4.41. The van der Waals surface area contributed by atoms with Crippen LogP contribution < -0.4 is 5.32 Å². The third kappa shape index (κ3) is 1.97. The Hall–Kier alpha value is -1.65. The van der Waals surface area contributed by atoms with E-state index in [2.05, 4.69) is 11.9 Å². The molecule has 5 heteroatoms. The zero-order valence-corrected chi connectivity index (χ0v) is 10.5. The van der Waals surface area contributed by atoms with E-state index in [1.165, 1.54) is 7.05 Å². The van der Waals surface area contributed by atoms with E-state index in [0.29, 0.717) is 12.0 Å². The zero-order chi connectivity index (χ0) is 13.2. The van der Waals surface area contributed by atoms with Crippen molar-refractivity contribution in [3.63, 3.8) is 0 Å². The Balaban J connectivity index is 3.18. The van der Waals surface area contributed by atoms with Crippen molar-refractivity contribution >= 4 is 17.8 Å². The minimum absolute atomic E-state index is 0.390. The number of rotatable bonds is 4. The molecule has 1 N–H and O–H groups in total. The fourth-order valence-corrected chi connectivity index (χ4v) is 2.02. The lowest BCUT2D eigenvalue weighted by molar-refractivity contribution is -0.148. The molecule has 1 atom stereocenters. The van der Waals surface area contributed by atoms with Crippen LogP contribution in [0.25, 0.3) is 0 Å². The Labute approximate surface area is 101 Å². The topological polar surface area (TPSA) is 66.5 Å². The lowest BCUT2D eigenvalue weighted by Gasteiger charge is -2.38. The largest absolute Gasteiger partial charge is 0.330 e. The van der Waals surface area contributed by atoms with Crippen molar-refractivity contribution in [2.75, 3.05) is 7.05 Å². The molecule has 17 heavy (non-hydrogen) atoms. The maximum atomic E-state index is 12.2. The van der Waals surface area contributed by atoms with Crippen LogP contribution in [-0.2, 0) is 9.59 Å². The normalized spacial score (nSPS) is 24.9. The van der Waals surface area contributed by atoms with Gasteiger partial charge in [0.2, 0.25) is 11.8 Å². The molecule has 0 saturated carbocycles. The molecular formula is C12H18N2O3. The second-order valence-corrected chi connectivity index (χ2v) is 4.41. The Morgan fingerprint density at radius 2 is 2.00 bits per heavy atom. The summed E-state index contributed by atoms with van der Waals surface area (Å²) >= 11 is 0. The van der Waals surface area contributed by atoms with Crippen molar-refractivity contribution in [3.05, 3.63) is 12.2 Å². The molecule has 1 heterocycles. The molecule has 0 bridgehead atoms. The van der Waals surface area contributed by atoms with E-state index in [1.54, 1.807) is 6.92 Å². The SMILES string of the molecule is C=C(C)C1(CCCC)C(=O)NC(=O)N(C)C1=O. The summed E-state index contributed by atoms with van der Waals surface area (Å²) in [4.78, 5) is 36.5. The molecular weight excluding hydrogens is 220 g/mol. The molecule has 0 spiro atoms. The summed E-state index contributed by atoms with van der Waals surface area (Å²) in [6.45, 7) is 7.37. The lowest BCUT2D eigenvalue weighted by atomic mass is 9.74. The molecule has 0 aromatic heterocycles. The number of barbiturate groups is 1. The van der Waals surface area contributed by atoms with Crippen LogP contribution in [0.15, 0.2) is 12.2 Å². The highest BCUT2D eigenvalue weighted by atomic mass is 16.2. The van der Waals surface area contributed by atoms with Crippen LogP contribution in [-0.4, -0.2) is 29.8 Å². The second kappa shape index (κ2) is 4.69. The van der Waals surface area contributed by atoms with Crippen LogP contribution in [0.2, 0.25) is 0 Å². The maximum Gasteiger partial charge on any atom is 0.330 e. The first-order chi connectivity index (χ1) is 7.87. The molecule has 0 aliphatic carbocycles. The summed E-state index contributed by atoms with van der Waals surface area (Å²) in [6.07, 6.45) is 1.99. The molecule has 1 aliphatic heterocycles. The van der Waals surface area contributed by atoms with Crippen LogP contribution in [0.1, 0.15) is 33.1 Å². The first kappa shape index (κ1) is 13.4. The average molecular weight is 238 g/mol. The Kier molecular flexibility index (Phi) is 3.70. The van der Waals surface area contributed by atoms with Crippen molar-refractivity contribution in [1.29, 1.82) is 0 Å². The van der Waals surface area contributed by atoms with Gasteiger partial charge >= 0.3 is 6.03 Å². The maximum absolute atomic E-state index is 12.2. The molecule has 1 rings (SSSR count). The number of nitrogens with zero attached hydrogens (tertiary/aromatic N) is 1. The van der Waals surface area contributed by atoms with E-state index in [1.807, 2.05) is 6.92 Å². The summed E-state index contributed by atoms with van der Waals surface area (Å²) in [5, 5.41) is 2.21. The Bertz CT molecular complexity index is 389. The van der Waals surface area contributed by atoms with Gasteiger partial charge in [-0.2, -0.15) is 0 Å². The zero-order valence-electron chi connectivity index (χ0n) is 10.5. The van der Waals surface area contributed by atoms with E-state index in [9.17, 15) is 14.4 Å². The van der Waals surface area contributed by atoms with E-state index >= 15 is 0 Å². The van der Waals surface area contributed by atoms with Gasteiger partial charge in [-0.25, -0.2) is 4.79 Å². The van der Waals surface area contributed by atoms with Gasteiger partial charge in [0.15, 0.2) is 0 Å². The molecule has 1 saturated heterocycles. The molecule has 1 aliphatic rings. The number of carbonyl (C=O) groups is 3. The highest BCUT2D eigenvalue weighted by Gasteiger charge is 2.52. The molecule has 1 fully saturated rings. The van der Waals surface area contributed by atoms with Crippen molar-refractivity contribution in [3.8, 4) is 0 Å². The number of hydrogen-bond donors (Lipinski definition) is 1. The summed E-state index contributed by atoms with van der Waals surface area (Å²) in [6, 6.07) is -0.673. The quantitative estimate of drug-likeness (QED) is 0.595. The third-order valence-electron chi connectivity index (χ3n) is 3.22.